The maximum atomic E-state index is 12.8. The van der Waals surface area contributed by atoms with Crippen LogP contribution in [0.1, 0.15) is 49.9 Å². The van der Waals surface area contributed by atoms with Crippen molar-refractivity contribution < 1.29 is 27.9 Å². The monoisotopic (exact) mass is 398 g/mol. The van der Waals surface area contributed by atoms with Crippen molar-refractivity contribution in [3.8, 4) is 5.75 Å². The minimum Gasteiger partial charge on any atom is -0.495 e. The first kappa shape index (κ1) is 21.2. The Bertz CT molecular complexity index is 800. The number of carbonyl (C=O) groups excluding carboxylic acids is 1. The number of nitrogens with one attached hydrogen (secondary N) is 2. The lowest BCUT2D eigenvalue weighted by Crippen LogP contribution is -2.44. The van der Waals surface area contributed by atoms with Crippen LogP contribution in [0.4, 0.5) is 0 Å². The van der Waals surface area contributed by atoms with E-state index >= 15 is 0 Å². The molecule has 1 aromatic rings. The van der Waals surface area contributed by atoms with E-state index in [0.29, 0.717) is 0 Å². The fourth-order valence-electron chi connectivity index (χ4n) is 3.09. The summed E-state index contributed by atoms with van der Waals surface area (Å²) < 4.78 is 33.3. The van der Waals surface area contributed by atoms with Crippen LogP contribution in [-0.2, 0) is 14.8 Å². The van der Waals surface area contributed by atoms with Crippen LogP contribution in [0.5, 0.6) is 5.75 Å². The quantitative estimate of drug-likeness (QED) is 0.613. The maximum absolute atomic E-state index is 12.8. The standard InChI is InChI=1S/C18H26N2O6S/c1-11(2)16(18(22)23)19-17(21)12-8-9-14(26-3)15(10-12)27(24,25)20-13-6-4-5-7-13/h8-11,13,16,20H,4-7H2,1-3H3,(H,19,21)(H,22,23)/t16-/m1/s1. The van der Waals surface area contributed by atoms with Crippen molar-refractivity contribution in [1.29, 1.82) is 0 Å². The predicted octanol–water partition coefficient (Wildman–Crippen LogP) is 1.76. The van der Waals surface area contributed by atoms with Crippen LogP contribution >= 0.6 is 0 Å². The minimum absolute atomic E-state index is 0.0505. The van der Waals surface area contributed by atoms with Crippen LogP contribution in [0.15, 0.2) is 23.1 Å². The van der Waals surface area contributed by atoms with Gasteiger partial charge in [0.25, 0.3) is 5.91 Å². The smallest absolute Gasteiger partial charge is 0.326 e. The maximum Gasteiger partial charge on any atom is 0.326 e. The number of hydrogen-bond acceptors (Lipinski definition) is 5. The normalized spacial score (nSPS) is 16.3. The molecule has 27 heavy (non-hydrogen) atoms. The molecule has 0 radical (unpaired) electrons. The van der Waals surface area contributed by atoms with Crippen LogP contribution in [0.25, 0.3) is 0 Å². The van der Waals surface area contributed by atoms with Crippen LogP contribution in [0.2, 0.25) is 0 Å². The first-order chi connectivity index (χ1) is 12.7. The molecule has 150 valence electrons. The molecule has 2 rings (SSSR count). The molecule has 3 N–H and O–H groups in total. The largest absolute Gasteiger partial charge is 0.495 e. The van der Waals surface area contributed by atoms with Gasteiger partial charge in [0.1, 0.15) is 16.7 Å². The first-order valence-electron chi connectivity index (χ1n) is 8.89. The highest BCUT2D eigenvalue weighted by molar-refractivity contribution is 7.89. The van der Waals surface area contributed by atoms with E-state index in [-0.39, 0.29) is 28.2 Å². The second kappa shape index (κ2) is 8.71. The topological polar surface area (TPSA) is 122 Å². The zero-order valence-electron chi connectivity index (χ0n) is 15.7. The van der Waals surface area contributed by atoms with Crippen molar-refractivity contribution in [3.63, 3.8) is 0 Å². The minimum atomic E-state index is -3.87. The molecular formula is C18H26N2O6S. The summed E-state index contributed by atoms with van der Waals surface area (Å²) in [6, 6.07) is 2.81. The summed E-state index contributed by atoms with van der Waals surface area (Å²) in [5, 5.41) is 11.7. The van der Waals surface area contributed by atoms with E-state index in [1.807, 2.05) is 0 Å². The van der Waals surface area contributed by atoms with Crippen molar-refractivity contribution in [1.82, 2.24) is 10.0 Å². The van der Waals surface area contributed by atoms with Gasteiger partial charge in [-0.15, -0.1) is 0 Å². The SMILES string of the molecule is COc1ccc(C(=O)N[C@@H](C(=O)O)C(C)C)cc1S(=O)(=O)NC1CCCC1. The van der Waals surface area contributed by atoms with Gasteiger partial charge in [0.2, 0.25) is 10.0 Å². The van der Waals surface area contributed by atoms with Gasteiger partial charge >= 0.3 is 5.97 Å². The van der Waals surface area contributed by atoms with Gasteiger partial charge in [-0.1, -0.05) is 26.7 Å². The summed E-state index contributed by atoms with van der Waals surface area (Å²) in [4.78, 5) is 23.6. The number of ether oxygens (including phenoxy) is 1. The van der Waals surface area contributed by atoms with E-state index in [1.54, 1.807) is 13.8 Å². The fourth-order valence-corrected chi connectivity index (χ4v) is 4.59. The number of methoxy groups -OCH3 is 1. The summed E-state index contributed by atoms with van der Waals surface area (Å²) >= 11 is 0. The summed E-state index contributed by atoms with van der Waals surface area (Å²) in [6.07, 6.45) is 3.49. The van der Waals surface area contributed by atoms with Gasteiger partial charge in [-0.25, -0.2) is 17.9 Å². The lowest BCUT2D eigenvalue weighted by molar-refractivity contribution is -0.140. The lowest BCUT2D eigenvalue weighted by atomic mass is 10.0. The second-order valence-electron chi connectivity index (χ2n) is 7.00. The molecule has 1 atom stereocenters. The number of rotatable bonds is 8. The lowest BCUT2D eigenvalue weighted by Gasteiger charge is -2.19. The van der Waals surface area contributed by atoms with Crippen LogP contribution in [-0.4, -0.2) is 44.6 Å². The number of hydrogen-bond donors (Lipinski definition) is 3. The molecule has 0 heterocycles. The van der Waals surface area contributed by atoms with E-state index in [4.69, 9.17) is 4.74 Å². The molecule has 1 aliphatic rings. The fraction of sp³-hybridized carbons (Fsp3) is 0.556. The molecule has 1 saturated carbocycles. The van der Waals surface area contributed by atoms with Gasteiger partial charge in [0.05, 0.1) is 7.11 Å². The van der Waals surface area contributed by atoms with Gasteiger partial charge in [-0.05, 0) is 37.0 Å². The van der Waals surface area contributed by atoms with E-state index in [2.05, 4.69) is 10.0 Å². The molecule has 0 spiro atoms. The van der Waals surface area contributed by atoms with Gasteiger partial charge in [0.15, 0.2) is 0 Å². The van der Waals surface area contributed by atoms with Gasteiger partial charge in [-0.2, -0.15) is 0 Å². The van der Waals surface area contributed by atoms with Crippen molar-refractivity contribution in [2.75, 3.05) is 7.11 Å². The highest BCUT2D eigenvalue weighted by Crippen LogP contribution is 2.27. The van der Waals surface area contributed by atoms with E-state index in [0.717, 1.165) is 25.7 Å². The highest BCUT2D eigenvalue weighted by Gasteiger charge is 2.28. The average Bonchev–Trinajstić information content (AvgIpc) is 3.10. The molecular weight excluding hydrogens is 372 g/mol. The molecule has 1 amide bonds. The molecule has 1 fully saturated rings. The summed E-state index contributed by atoms with van der Waals surface area (Å²) in [5.74, 6) is -2.01. The Morgan fingerprint density at radius 1 is 1.22 bits per heavy atom. The number of carboxylic acids is 1. The molecule has 0 saturated heterocycles. The number of amides is 1. The Morgan fingerprint density at radius 3 is 2.37 bits per heavy atom. The van der Waals surface area contributed by atoms with Crippen LogP contribution < -0.4 is 14.8 Å². The number of benzene rings is 1. The third-order valence-electron chi connectivity index (χ3n) is 4.61. The van der Waals surface area contributed by atoms with Crippen molar-refractivity contribution in [2.45, 2.75) is 56.5 Å². The third-order valence-corrected chi connectivity index (χ3v) is 6.15. The number of sulfonamides is 1. The van der Waals surface area contributed by atoms with E-state index in [9.17, 15) is 23.1 Å². The molecule has 8 nitrogen and oxygen atoms in total. The van der Waals surface area contributed by atoms with Gasteiger partial charge in [-0.3, -0.25) is 4.79 Å². The Kier molecular flexibility index (Phi) is 6.83. The van der Waals surface area contributed by atoms with Gasteiger partial charge in [0, 0.05) is 11.6 Å². The zero-order valence-corrected chi connectivity index (χ0v) is 16.5. The van der Waals surface area contributed by atoms with Crippen LogP contribution in [0.3, 0.4) is 0 Å². The number of carbonyl (C=O) groups is 2. The molecule has 1 aromatic carbocycles. The summed E-state index contributed by atoms with van der Waals surface area (Å²) in [7, 11) is -2.52. The molecule has 1 aliphatic carbocycles. The average molecular weight is 398 g/mol. The third kappa shape index (κ3) is 5.20. The number of aliphatic carboxylic acids is 1. The van der Waals surface area contributed by atoms with Gasteiger partial charge < -0.3 is 15.2 Å². The summed E-state index contributed by atoms with van der Waals surface area (Å²) in [6.45, 7) is 3.35. The zero-order chi connectivity index (χ0) is 20.2. The Morgan fingerprint density at radius 2 is 1.85 bits per heavy atom. The first-order valence-corrected chi connectivity index (χ1v) is 10.4. The molecule has 0 aromatic heterocycles. The molecule has 0 bridgehead atoms. The van der Waals surface area contributed by atoms with Crippen molar-refractivity contribution in [2.24, 2.45) is 5.92 Å². The Labute approximate surface area is 159 Å². The van der Waals surface area contributed by atoms with Crippen molar-refractivity contribution in [3.05, 3.63) is 23.8 Å². The second-order valence-corrected chi connectivity index (χ2v) is 8.68. The van der Waals surface area contributed by atoms with E-state index in [1.165, 1.54) is 25.3 Å². The van der Waals surface area contributed by atoms with E-state index < -0.39 is 27.9 Å². The Balaban J connectivity index is 2.31. The predicted molar refractivity (Wildman–Crippen MR) is 99.3 cm³/mol. The van der Waals surface area contributed by atoms with Crippen molar-refractivity contribution >= 4 is 21.9 Å². The molecule has 0 aliphatic heterocycles. The summed E-state index contributed by atoms with van der Waals surface area (Å²) in [5.41, 5.74) is 0.0505. The van der Waals surface area contributed by atoms with Crippen LogP contribution in [0, 0.1) is 5.92 Å². The molecule has 9 heteroatoms. The number of carboxylic acid groups (broad SMARTS) is 1. The molecule has 0 unspecified atom stereocenters. The Hall–Kier alpha value is -2.13. The highest BCUT2D eigenvalue weighted by atomic mass is 32.2.